The normalized spacial score (nSPS) is 46.5. The lowest BCUT2D eigenvalue weighted by atomic mass is 9.52. The molecule has 0 aromatic heterocycles. The topological polar surface area (TPSA) is 52.6 Å². The second kappa shape index (κ2) is 5.01. The number of fused-ring (bicyclic) bond motifs is 5. The third-order valence-electron chi connectivity index (χ3n) is 7.71. The van der Waals surface area contributed by atoms with Crippen molar-refractivity contribution in [3.63, 3.8) is 0 Å². The Hall–Kier alpha value is -1.00. The lowest BCUT2D eigenvalue weighted by molar-refractivity contribution is -0.177. The van der Waals surface area contributed by atoms with Crippen molar-refractivity contribution >= 4 is 11.6 Å². The van der Waals surface area contributed by atoms with Gasteiger partial charge in [-0.25, -0.2) is 0 Å². The van der Waals surface area contributed by atoms with E-state index in [0.29, 0.717) is 55.4 Å². The average Bonchev–Trinajstić information content (AvgIpc) is 3.12. The minimum Gasteiger partial charge on any atom is -0.347 e. The summed E-state index contributed by atoms with van der Waals surface area (Å²) in [5.41, 5.74) is 1.00. The number of hydrogen-bond acceptors (Lipinski definition) is 4. The van der Waals surface area contributed by atoms with Crippen LogP contribution in [0.5, 0.6) is 0 Å². The molecule has 0 amide bonds. The molecule has 5 rings (SSSR count). The molecular weight excluding hydrogens is 304 g/mol. The molecule has 5 aliphatic rings. The minimum atomic E-state index is -0.412. The van der Waals surface area contributed by atoms with Crippen molar-refractivity contribution in [1.82, 2.24) is 0 Å². The molecule has 0 N–H and O–H groups in total. The molecule has 4 nitrogen and oxygen atoms in total. The first-order valence-corrected chi connectivity index (χ1v) is 9.55. The minimum absolute atomic E-state index is 0.132. The maximum absolute atomic E-state index is 13.0. The van der Waals surface area contributed by atoms with Crippen molar-refractivity contribution in [2.24, 2.45) is 29.1 Å². The maximum atomic E-state index is 13.0. The van der Waals surface area contributed by atoms with Crippen LogP contribution in [0.3, 0.4) is 0 Å². The van der Waals surface area contributed by atoms with Crippen molar-refractivity contribution in [3.05, 3.63) is 11.6 Å². The first-order valence-electron chi connectivity index (χ1n) is 9.55. The van der Waals surface area contributed by atoms with Crippen LogP contribution in [0, 0.1) is 29.1 Å². The number of ketones is 2. The molecule has 4 aliphatic carbocycles. The van der Waals surface area contributed by atoms with E-state index in [4.69, 9.17) is 9.47 Å². The fraction of sp³-hybridized carbons (Fsp3) is 0.800. The first kappa shape index (κ1) is 15.3. The average molecular weight is 330 g/mol. The quantitative estimate of drug-likeness (QED) is 0.641. The number of ether oxygens (including phenoxy) is 2. The summed E-state index contributed by atoms with van der Waals surface area (Å²) in [5, 5.41) is 0. The second-order valence-corrected chi connectivity index (χ2v) is 8.76. The van der Waals surface area contributed by atoms with Gasteiger partial charge in [-0.05, 0) is 37.0 Å². The van der Waals surface area contributed by atoms with Crippen LogP contribution in [0.25, 0.3) is 0 Å². The molecule has 3 saturated carbocycles. The summed E-state index contributed by atoms with van der Waals surface area (Å²) in [6.07, 6.45) is 8.14. The zero-order chi connectivity index (χ0) is 16.5. The van der Waals surface area contributed by atoms with Crippen LogP contribution >= 0.6 is 0 Å². The highest BCUT2D eigenvalue weighted by Gasteiger charge is 2.59. The molecule has 5 atom stereocenters. The Bertz CT molecular complexity index is 630. The van der Waals surface area contributed by atoms with Crippen molar-refractivity contribution in [2.75, 3.05) is 13.2 Å². The van der Waals surface area contributed by atoms with E-state index in [1.807, 2.05) is 0 Å². The Morgan fingerprint density at radius 3 is 2.71 bits per heavy atom. The summed E-state index contributed by atoms with van der Waals surface area (Å²) < 4.78 is 11.8. The first-order chi connectivity index (χ1) is 11.5. The molecule has 0 radical (unpaired) electrons. The predicted octanol–water partition coefficient (Wildman–Crippen LogP) is 3.05. The van der Waals surface area contributed by atoms with Crippen LogP contribution in [0.1, 0.15) is 51.9 Å². The lowest BCUT2D eigenvalue weighted by Gasteiger charge is -2.51. The Labute approximate surface area is 143 Å². The fourth-order valence-electron chi connectivity index (χ4n) is 6.57. The van der Waals surface area contributed by atoms with Gasteiger partial charge in [0.05, 0.1) is 13.2 Å². The van der Waals surface area contributed by atoms with E-state index < -0.39 is 5.79 Å². The van der Waals surface area contributed by atoms with Crippen molar-refractivity contribution in [3.8, 4) is 0 Å². The second-order valence-electron chi connectivity index (χ2n) is 8.76. The Balaban J connectivity index is 1.47. The van der Waals surface area contributed by atoms with Gasteiger partial charge in [0.1, 0.15) is 11.6 Å². The number of Topliss-reactive ketones (excluding diaryl/α,β-unsaturated/α-hetero) is 2. The van der Waals surface area contributed by atoms with E-state index in [9.17, 15) is 9.59 Å². The number of carbonyl (C=O) groups excluding carboxylic acids is 2. The van der Waals surface area contributed by atoms with Crippen molar-refractivity contribution in [2.45, 2.75) is 57.7 Å². The third kappa shape index (κ3) is 1.93. The molecule has 0 aromatic rings. The lowest BCUT2D eigenvalue weighted by Crippen LogP contribution is -2.52. The SMILES string of the molecule is C[C@]12CC(=O)[C@H]3[C@@H](CC=C4CC5(CC[C@@H]43)OCCO5)[C@@H]1CCC2=O. The summed E-state index contributed by atoms with van der Waals surface area (Å²) in [6, 6.07) is 0. The van der Waals surface area contributed by atoms with E-state index in [1.54, 1.807) is 0 Å². The maximum Gasteiger partial charge on any atom is 0.172 e. The Morgan fingerprint density at radius 1 is 1.12 bits per heavy atom. The molecule has 1 saturated heterocycles. The van der Waals surface area contributed by atoms with Crippen LogP contribution in [0.2, 0.25) is 0 Å². The Morgan fingerprint density at radius 2 is 1.92 bits per heavy atom. The number of hydrogen-bond donors (Lipinski definition) is 0. The van der Waals surface area contributed by atoms with E-state index in [1.165, 1.54) is 5.57 Å². The van der Waals surface area contributed by atoms with Gasteiger partial charge in [-0.3, -0.25) is 9.59 Å². The molecular formula is C20H26O4. The van der Waals surface area contributed by atoms with Gasteiger partial charge in [0.2, 0.25) is 0 Å². The van der Waals surface area contributed by atoms with Gasteiger partial charge >= 0.3 is 0 Å². The number of allylic oxidation sites excluding steroid dienone is 1. The molecule has 0 aromatic carbocycles. The molecule has 4 heteroatoms. The van der Waals surface area contributed by atoms with Crippen LogP contribution in [0.4, 0.5) is 0 Å². The molecule has 24 heavy (non-hydrogen) atoms. The monoisotopic (exact) mass is 330 g/mol. The highest BCUT2D eigenvalue weighted by molar-refractivity contribution is 5.95. The van der Waals surface area contributed by atoms with Crippen LogP contribution in [-0.4, -0.2) is 30.6 Å². The van der Waals surface area contributed by atoms with E-state index in [-0.39, 0.29) is 11.3 Å². The third-order valence-corrected chi connectivity index (χ3v) is 7.71. The van der Waals surface area contributed by atoms with Crippen LogP contribution < -0.4 is 0 Å². The molecule has 4 fully saturated rings. The zero-order valence-corrected chi connectivity index (χ0v) is 14.4. The van der Waals surface area contributed by atoms with Crippen LogP contribution in [0.15, 0.2) is 11.6 Å². The fourth-order valence-corrected chi connectivity index (χ4v) is 6.57. The molecule has 130 valence electrons. The highest BCUT2D eigenvalue weighted by atomic mass is 16.7. The van der Waals surface area contributed by atoms with Gasteiger partial charge in [-0.2, -0.15) is 0 Å². The van der Waals surface area contributed by atoms with Crippen molar-refractivity contribution in [1.29, 1.82) is 0 Å². The molecule has 1 aliphatic heterocycles. The van der Waals surface area contributed by atoms with Gasteiger partial charge in [-0.15, -0.1) is 0 Å². The molecule has 0 bridgehead atoms. The van der Waals surface area contributed by atoms with Gasteiger partial charge in [0.25, 0.3) is 0 Å². The van der Waals surface area contributed by atoms with E-state index >= 15 is 0 Å². The van der Waals surface area contributed by atoms with E-state index in [0.717, 1.165) is 32.1 Å². The summed E-state index contributed by atoms with van der Waals surface area (Å²) in [5.74, 6) is 1.52. The number of rotatable bonds is 0. The standard InChI is InChI=1S/C20H26O4/c1-19-11-16(21)18-13-6-7-20(23-8-9-24-20)10-12(13)2-3-14(18)15(19)4-5-17(19)22/h2,13-15,18H,3-11H2,1H3/t13-,14-,15-,18+,19-/m0/s1. The van der Waals surface area contributed by atoms with Gasteiger partial charge in [-0.1, -0.05) is 18.6 Å². The summed E-state index contributed by atoms with van der Waals surface area (Å²) >= 11 is 0. The van der Waals surface area contributed by atoms with Gasteiger partial charge in [0, 0.05) is 37.0 Å². The highest BCUT2D eigenvalue weighted by Crippen LogP contribution is 2.59. The van der Waals surface area contributed by atoms with Gasteiger partial charge < -0.3 is 9.47 Å². The summed E-state index contributed by atoms with van der Waals surface area (Å²) in [7, 11) is 0. The molecule has 1 spiro atoms. The Kier molecular flexibility index (Phi) is 3.19. The zero-order valence-electron chi connectivity index (χ0n) is 14.4. The van der Waals surface area contributed by atoms with Gasteiger partial charge in [0.15, 0.2) is 5.79 Å². The molecule has 1 heterocycles. The van der Waals surface area contributed by atoms with Crippen molar-refractivity contribution < 1.29 is 19.1 Å². The summed E-state index contributed by atoms with van der Waals surface area (Å²) in [4.78, 5) is 25.4. The largest absolute Gasteiger partial charge is 0.347 e. The predicted molar refractivity (Wildman–Crippen MR) is 87.1 cm³/mol. The number of carbonyl (C=O) groups is 2. The summed E-state index contributed by atoms with van der Waals surface area (Å²) in [6.45, 7) is 3.42. The van der Waals surface area contributed by atoms with Crippen LogP contribution in [-0.2, 0) is 19.1 Å². The molecule has 0 unspecified atom stereocenters. The smallest absolute Gasteiger partial charge is 0.172 e. The van der Waals surface area contributed by atoms with E-state index in [2.05, 4.69) is 13.0 Å².